The maximum Gasteiger partial charge on any atom is 0.281 e. The number of quaternary nitrogens is 1. The molecule has 0 saturated carbocycles. The second kappa shape index (κ2) is 8.47. The molecule has 2 N–H and O–H groups in total. The number of hydrogen-bond donors (Lipinski definition) is 2. The number of nitrogens with zero attached hydrogens (tertiary/aromatic N) is 1. The van der Waals surface area contributed by atoms with E-state index >= 15 is 0 Å². The van der Waals surface area contributed by atoms with Gasteiger partial charge in [-0.25, -0.2) is 0 Å². The second-order valence-electron chi connectivity index (χ2n) is 5.65. The van der Waals surface area contributed by atoms with Crippen LogP contribution in [0.25, 0.3) is 0 Å². The Morgan fingerprint density at radius 1 is 1.04 bits per heavy atom. The Bertz CT molecular complexity index is 689. The van der Waals surface area contributed by atoms with E-state index in [0.29, 0.717) is 10.7 Å². The van der Waals surface area contributed by atoms with Crippen LogP contribution in [0.1, 0.15) is 0 Å². The first-order valence-corrected chi connectivity index (χ1v) is 8.02. The molecule has 0 fully saturated rings. The minimum absolute atomic E-state index is 0.0435. The number of para-hydroxylation sites is 1. The van der Waals surface area contributed by atoms with Gasteiger partial charge in [0.2, 0.25) is 0 Å². The van der Waals surface area contributed by atoms with Crippen molar-refractivity contribution in [2.45, 2.75) is 0 Å². The molecule has 0 bridgehead atoms. The van der Waals surface area contributed by atoms with Crippen molar-refractivity contribution in [3.05, 3.63) is 59.6 Å². The molecule has 0 aliphatic heterocycles. The number of carbonyl (C=O) groups is 2. The number of likely N-dealkylation sites (N-methyl/N-ethyl adjacent to an activating group) is 2. The van der Waals surface area contributed by atoms with Gasteiger partial charge in [-0.05, 0) is 36.4 Å². The van der Waals surface area contributed by atoms with Crippen LogP contribution in [-0.2, 0) is 9.59 Å². The van der Waals surface area contributed by atoms with Gasteiger partial charge in [-0.1, -0.05) is 29.8 Å². The molecule has 0 saturated heterocycles. The molecule has 0 radical (unpaired) electrons. The molecule has 1 unspecified atom stereocenters. The average molecular weight is 347 g/mol. The Morgan fingerprint density at radius 3 is 2.29 bits per heavy atom. The van der Waals surface area contributed by atoms with Crippen LogP contribution in [0.5, 0.6) is 0 Å². The molecule has 2 aromatic rings. The molecule has 126 valence electrons. The molecular formula is C18H21ClN3O2+. The first kappa shape index (κ1) is 18.0. The third-order valence-electron chi connectivity index (χ3n) is 3.56. The van der Waals surface area contributed by atoms with E-state index in [4.69, 9.17) is 11.6 Å². The molecule has 0 aliphatic carbocycles. The Balaban J connectivity index is 1.83. The molecule has 2 rings (SSSR count). The van der Waals surface area contributed by atoms with Gasteiger partial charge in [0.15, 0.2) is 13.1 Å². The molecule has 5 nitrogen and oxygen atoms in total. The predicted molar refractivity (Wildman–Crippen MR) is 96.6 cm³/mol. The SMILES string of the molecule is CN(C(=O)C[NH+](C)CC(=O)Nc1ccc(Cl)cc1)c1ccccc1. The lowest BCUT2D eigenvalue weighted by atomic mass is 10.3. The fourth-order valence-corrected chi connectivity index (χ4v) is 2.37. The Hall–Kier alpha value is -2.37. The van der Waals surface area contributed by atoms with Gasteiger partial charge < -0.3 is 15.1 Å². The number of anilines is 2. The Morgan fingerprint density at radius 2 is 1.67 bits per heavy atom. The van der Waals surface area contributed by atoms with E-state index in [-0.39, 0.29) is 24.9 Å². The summed E-state index contributed by atoms with van der Waals surface area (Å²) in [5.41, 5.74) is 1.52. The smallest absolute Gasteiger partial charge is 0.281 e. The number of rotatable bonds is 6. The first-order valence-electron chi connectivity index (χ1n) is 7.64. The fraction of sp³-hybridized carbons (Fsp3) is 0.222. The zero-order valence-electron chi connectivity index (χ0n) is 13.8. The molecule has 1 atom stereocenters. The van der Waals surface area contributed by atoms with Crippen molar-refractivity contribution in [1.29, 1.82) is 0 Å². The molecule has 24 heavy (non-hydrogen) atoms. The van der Waals surface area contributed by atoms with Gasteiger partial charge in [-0.3, -0.25) is 9.59 Å². The first-order chi connectivity index (χ1) is 11.5. The summed E-state index contributed by atoms with van der Waals surface area (Å²) in [6, 6.07) is 16.3. The van der Waals surface area contributed by atoms with Crippen LogP contribution in [0, 0.1) is 0 Å². The molecule has 0 spiro atoms. The highest BCUT2D eigenvalue weighted by atomic mass is 35.5. The van der Waals surface area contributed by atoms with Crippen molar-refractivity contribution in [3.8, 4) is 0 Å². The lowest BCUT2D eigenvalue weighted by Crippen LogP contribution is -3.11. The van der Waals surface area contributed by atoms with Crippen molar-refractivity contribution in [2.75, 3.05) is 37.4 Å². The molecule has 0 aliphatic rings. The average Bonchev–Trinajstić information content (AvgIpc) is 2.56. The molecular weight excluding hydrogens is 326 g/mol. The highest BCUT2D eigenvalue weighted by Gasteiger charge is 2.18. The predicted octanol–water partition coefficient (Wildman–Crippen LogP) is 1.46. The summed E-state index contributed by atoms with van der Waals surface area (Å²) < 4.78 is 0. The Kier molecular flexibility index (Phi) is 6.35. The van der Waals surface area contributed by atoms with Crippen molar-refractivity contribution in [3.63, 3.8) is 0 Å². The summed E-state index contributed by atoms with van der Waals surface area (Å²) in [4.78, 5) is 26.7. The second-order valence-corrected chi connectivity index (χ2v) is 6.09. The van der Waals surface area contributed by atoms with Crippen molar-refractivity contribution in [2.24, 2.45) is 0 Å². The number of benzene rings is 2. The summed E-state index contributed by atoms with van der Waals surface area (Å²) in [6.45, 7) is 0.441. The van der Waals surface area contributed by atoms with Crippen LogP contribution in [-0.4, -0.2) is 39.0 Å². The van der Waals surface area contributed by atoms with Crippen molar-refractivity contribution in [1.82, 2.24) is 0 Å². The van der Waals surface area contributed by atoms with Gasteiger partial charge >= 0.3 is 0 Å². The van der Waals surface area contributed by atoms with E-state index in [1.54, 1.807) is 36.2 Å². The third-order valence-corrected chi connectivity index (χ3v) is 3.81. The van der Waals surface area contributed by atoms with Crippen LogP contribution >= 0.6 is 11.6 Å². The molecule has 0 aromatic heterocycles. The minimum atomic E-state index is -0.148. The zero-order chi connectivity index (χ0) is 17.5. The largest absolute Gasteiger partial charge is 0.322 e. The summed E-state index contributed by atoms with van der Waals surface area (Å²) in [5.74, 6) is -0.192. The van der Waals surface area contributed by atoms with Gasteiger partial charge in [-0.15, -0.1) is 0 Å². The van der Waals surface area contributed by atoms with E-state index in [9.17, 15) is 9.59 Å². The maximum atomic E-state index is 12.3. The number of hydrogen-bond acceptors (Lipinski definition) is 2. The topological polar surface area (TPSA) is 53.9 Å². The number of amides is 2. The van der Waals surface area contributed by atoms with Crippen LogP contribution < -0.4 is 15.1 Å². The van der Waals surface area contributed by atoms with Crippen LogP contribution in [0.15, 0.2) is 54.6 Å². The number of carbonyl (C=O) groups excluding carboxylic acids is 2. The van der Waals surface area contributed by atoms with Crippen LogP contribution in [0.2, 0.25) is 5.02 Å². The lowest BCUT2D eigenvalue weighted by Gasteiger charge is -2.20. The standard InChI is InChI=1S/C18H20ClN3O2/c1-21(12-17(23)20-15-10-8-14(19)9-11-15)13-18(24)22(2)16-6-4-3-5-7-16/h3-11H,12-13H2,1-2H3,(H,20,23)/p+1. The van der Waals surface area contributed by atoms with E-state index in [1.165, 1.54) is 0 Å². The fourth-order valence-electron chi connectivity index (χ4n) is 2.25. The molecule has 0 heterocycles. The highest BCUT2D eigenvalue weighted by Crippen LogP contribution is 2.13. The van der Waals surface area contributed by atoms with Crippen LogP contribution in [0.3, 0.4) is 0 Å². The summed E-state index contributed by atoms with van der Waals surface area (Å²) in [6.07, 6.45) is 0. The molecule has 6 heteroatoms. The van der Waals surface area contributed by atoms with E-state index in [1.807, 2.05) is 37.4 Å². The summed E-state index contributed by atoms with van der Waals surface area (Å²) >= 11 is 5.81. The number of nitrogens with one attached hydrogen (secondary N) is 2. The van der Waals surface area contributed by atoms with Gasteiger partial charge in [0.25, 0.3) is 11.8 Å². The van der Waals surface area contributed by atoms with E-state index in [2.05, 4.69) is 5.32 Å². The molecule has 2 amide bonds. The van der Waals surface area contributed by atoms with Crippen molar-refractivity contribution >= 4 is 34.8 Å². The Labute approximate surface area is 146 Å². The van der Waals surface area contributed by atoms with Crippen LogP contribution in [0.4, 0.5) is 11.4 Å². The van der Waals surface area contributed by atoms with Gasteiger partial charge in [-0.2, -0.15) is 0 Å². The quantitative estimate of drug-likeness (QED) is 0.832. The number of halogens is 1. The monoisotopic (exact) mass is 346 g/mol. The summed E-state index contributed by atoms with van der Waals surface area (Å²) in [5, 5.41) is 3.41. The molecule has 2 aromatic carbocycles. The third kappa shape index (κ3) is 5.37. The lowest BCUT2D eigenvalue weighted by molar-refractivity contribution is -0.862. The van der Waals surface area contributed by atoms with E-state index in [0.717, 1.165) is 10.6 Å². The van der Waals surface area contributed by atoms with Crippen molar-refractivity contribution < 1.29 is 14.5 Å². The van der Waals surface area contributed by atoms with E-state index < -0.39 is 0 Å². The zero-order valence-corrected chi connectivity index (χ0v) is 14.5. The summed E-state index contributed by atoms with van der Waals surface area (Å²) in [7, 11) is 3.55. The van der Waals surface area contributed by atoms with Gasteiger partial charge in [0, 0.05) is 23.4 Å². The maximum absolute atomic E-state index is 12.3. The normalized spacial score (nSPS) is 11.6. The minimum Gasteiger partial charge on any atom is -0.322 e. The van der Waals surface area contributed by atoms with Gasteiger partial charge in [0.1, 0.15) is 0 Å². The van der Waals surface area contributed by atoms with Gasteiger partial charge in [0.05, 0.1) is 7.05 Å². The highest BCUT2D eigenvalue weighted by molar-refractivity contribution is 6.30.